The standard InChI is InChI=1S/C14H23NO2/c1-4-8-15-13(10-16)12-9-11(3)6-7-14(12)17-5-2/h6-7,9,13,15-16H,4-5,8,10H2,1-3H3. The number of aryl methyl sites for hydroxylation is 1. The lowest BCUT2D eigenvalue weighted by atomic mass is 10.0. The molecule has 0 saturated heterocycles. The molecule has 1 aromatic carbocycles. The molecule has 1 unspecified atom stereocenters. The maximum atomic E-state index is 9.47. The predicted octanol–water partition coefficient (Wildman–Crippen LogP) is 2.43. The molecule has 0 aliphatic carbocycles. The molecule has 3 nitrogen and oxygen atoms in total. The smallest absolute Gasteiger partial charge is 0.124 e. The van der Waals surface area contributed by atoms with Crippen molar-refractivity contribution in [2.24, 2.45) is 0 Å². The van der Waals surface area contributed by atoms with Crippen molar-refractivity contribution in [2.45, 2.75) is 33.2 Å². The Morgan fingerprint density at radius 2 is 2.12 bits per heavy atom. The third kappa shape index (κ3) is 4.02. The van der Waals surface area contributed by atoms with E-state index in [2.05, 4.69) is 18.3 Å². The first kappa shape index (κ1) is 14.0. The predicted molar refractivity (Wildman–Crippen MR) is 70.5 cm³/mol. The molecule has 17 heavy (non-hydrogen) atoms. The van der Waals surface area contributed by atoms with Gasteiger partial charge in [-0.2, -0.15) is 0 Å². The first-order chi connectivity index (χ1) is 8.22. The van der Waals surface area contributed by atoms with E-state index in [1.807, 2.05) is 26.0 Å². The van der Waals surface area contributed by atoms with Gasteiger partial charge in [-0.3, -0.25) is 0 Å². The zero-order valence-corrected chi connectivity index (χ0v) is 11.0. The van der Waals surface area contributed by atoms with E-state index in [4.69, 9.17) is 4.74 Å². The third-order valence-corrected chi connectivity index (χ3v) is 2.66. The zero-order chi connectivity index (χ0) is 12.7. The Hall–Kier alpha value is -1.06. The van der Waals surface area contributed by atoms with Crippen molar-refractivity contribution in [2.75, 3.05) is 19.8 Å². The van der Waals surface area contributed by atoms with Crippen LogP contribution >= 0.6 is 0 Å². The second-order valence-corrected chi connectivity index (χ2v) is 4.16. The van der Waals surface area contributed by atoms with Crippen LogP contribution in [0.1, 0.15) is 37.4 Å². The molecule has 1 aromatic rings. The van der Waals surface area contributed by atoms with Crippen molar-refractivity contribution >= 4 is 0 Å². The minimum absolute atomic E-state index is 0.0450. The molecule has 0 amide bonds. The van der Waals surface area contributed by atoms with E-state index in [0.29, 0.717) is 6.61 Å². The molecular formula is C14H23NO2. The van der Waals surface area contributed by atoms with Crippen LogP contribution in [0, 0.1) is 6.92 Å². The summed E-state index contributed by atoms with van der Waals surface area (Å²) in [6, 6.07) is 6.04. The Kier molecular flexibility index (Phi) is 6.01. The molecule has 0 aliphatic rings. The van der Waals surface area contributed by atoms with Gasteiger partial charge < -0.3 is 15.2 Å². The van der Waals surface area contributed by atoms with Crippen LogP contribution in [0.5, 0.6) is 5.75 Å². The van der Waals surface area contributed by atoms with Crippen molar-refractivity contribution in [3.8, 4) is 5.75 Å². The molecule has 3 heteroatoms. The fraction of sp³-hybridized carbons (Fsp3) is 0.571. The molecular weight excluding hydrogens is 214 g/mol. The number of rotatable bonds is 7. The lowest BCUT2D eigenvalue weighted by Crippen LogP contribution is -2.25. The molecule has 96 valence electrons. The van der Waals surface area contributed by atoms with E-state index < -0.39 is 0 Å². The summed E-state index contributed by atoms with van der Waals surface area (Å²) in [5.41, 5.74) is 2.23. The normalized spacial score (nSPS) is 12.5. The number of benzene rings is 1. The van der Waals surface area contributed by atoms with Crippen molar-refractivity contribution in [3.63, 3.8) is 0 Å². The Balaban J connectivity index is 2.93. The SMILES string of the molecule is CCCNC(CO)c1cc(C)ccc1OCC. The van der Waals surface area contributed by atoms with Gasteiger partial charge in [-0.15, -0.1) is 0 Å². The van der Waals surface area contributed by atoms with Crippen LogP contribution in [0.15, 0.2) is 18.2 Å². The highest BCUT2D eigenvalue weighted by Gasteiger charge is 2.14. The lowest BCUT2D eigenvalue weighted by molar-refractivity contribution is 0.239. The zero-order valence-electron chi connectivity index (χ0n) is 11.0. The molecule has 2 N–H and O–H groups in total. The monoisotopic (exact) mass is 237 g/mol. The maximum Gasteiger partial charge on any atom is 0.124 e. The van der Waals surface area contributed by atoms with Crippen molar-refractivity contribution in [1.82, 2.24) is 5.32 Å². The molecule has 1 atom stereocenters. The number of hydrogen-bond acceptors (Lipinski definition) is 3. The van der Waals surface area contributed by atoms with Gasteiger partial charge in [-0.25, -0.2) is 0 Å². The summed E-state index contributed by atoms with van der Waals surface area (Å²) in [6.07, 6.45) is 1.05. The highest BCUT2D eigenvalue weighted by atomic mass is 16.5. The topological polar surface area (TPSA) is 41.5 Å². The Labute approximate surface area is 104 Å². The first-order valence-corrected chi connectivity index (χ1v) is 6.30. The van der Waals surface area contributed by atoms with Crippen molar-refractivity contribution < 1.29 is 9.84 Å². The average molecular weight is 237 g/mol. The maximum absolute atomic E-state index is 9.47. The second kappa shape index (κ2) is 7.30. The van der Waals surface area contributed by atoms with E-state index in [9.17, 15) is 5.11 Å². The average Bonchev–Trinajstić information content (AvgIpc) is 2.33. The highest BCUT2D eigenvalue weighted by molar-refractivity contribution is 5.39. The van der Waals surface area contributed by atoms with Crippen LogP contribution < -0.4 is 10.1 Å². The van der Waals surface area contributed by atoms with E-state index in [1.54, 1.807) is 0 Å². The number of aliphatic hydroxyl groups excluding tert-OH is 1. The quantitative estimate of drug-likeness (QED) is 0.765. The molecule has 1 rings (SSSR count). The van der Waals surface area contributed by atoms with E-state index in [1.165, 1.54) is 5.56 Å². The molecule has 0 fully saturated rings. The van der Waals surface area contributed by atoms with Crippen LogP contribution in [0.4, 0.5) is 0 Å². The number of ether oxygens (including phenoxy) is 1. The minimum Gasteiger partial charge on any atom is -0.494 e. The Morgan fingerprint density at radius 3 is 2.71 bits per heavy atom. The highest BCUT2D eigenvalue weighted by Crippen LogP contribution is 2.26. The summed E-state index contributed by atoms with van der Waals surface area (Å²) in [5.74, 6) is 0.862. The number of nitrogens with one attached hydrogen (secondary N) is 1. The van der Waals surface area contributed by atoms with Gasteiger partial charge in [-0.1, -0.05) is 24.6 Å². The molecule has 0 bridgehead atoms. The van der Waals surface area contributed by atoms with Crippen LogP contribution in [-0.2, 0) is 0 Å². The summed E-state index contributed by atoms with van der Waals surface area (Å²) in [4.78, 5) is 0. The molecule has 0 radical (unpaired) electrons. The lowest BCUT2D eigenvalue weighted by Gasteiger charge is -2.20. The van der Waals surface area contributed by atoms with Gasteiger partial charge in [0.15, 0.2) is 0 Å². The van der Waals surface area contributed by atoms with Crippen LogP contribution in [-0.4, -0.2) is 24.9 Å². The minimum atomic E-state index is -0.0450. The summed E-state index contributed by atoms with van der Waals surface area (Å²) >= 11 is 0. The fourth-order valence-corrected chi connectivity index (χ4v) is 1.82. The molecule has 0 saturated carbocycles. The Bertz CT molecular complexity index is 339. The van der Waals surface area contributed by atoms with Crippen molar-refractivity contribution in [3.05, 3.63) is 29.3 Å². The van der Waals surface area contributed by atoms with Gasteiger partial charge in [0.2, 0.25) is 0 Å². The van der Waals surface area contributed by atoms with Crippen LogP contribution in [0.2, 0.25) is 0 Å². The van der Waals surface area contributed by atoms with E-state index >= 15 is 0 Å². The van der Waals surface area contributed by atoms with E-state index in [0.717, 1.165) is 24.3 Å². The van der Waals surface area contributed by atoms with Crippen LogP contribution in [0.25, 0.3) is 0 Å². The Morgan fingerprint density at radius 1 is 1.35 bits per heavy atom. The summed E-state index contributed by atoms with van der Waals surface area (Å²) in [7, 11) is 0. The van der Waals surface area contributed by atoms with Gasteiger partial charge in [0.25, 0.3) is 0 Å². The summed E-state index contributed by atoms with van der Waals surface area (Å²) in [6.45, 7) is 7.75. The number of hydrogen-bond donors (Lipinski definition) is 2. The fourth-order valence-electron chi connectivity index (χ4n) is 1.82. The second-order valence-electron chi connectivity index (χ2n) is 4.16. The summed E-state index contributed by atoms with van der Waals surface area (Å²) in [5, 5.41) is 12.8. The van der Waals surface area contributed by atoms with Gasteiger partial charge in [0, 0.05) is 5.56 Å². The van der Waals surface area contributed by atoms with Gasteiger partial charge in [0.05, 0.1) is 19.3 Å². The molecule has 0 aromatic heterocycles. The molecule has 0 aliphatic heterocycles. The van der Waals surface area contributed by atoms with Gasteiger partial charge in [0.1, 0.15) is 5.75 Å². The van der Waals surface area contributed by atoms with Gasteiger partial charge in [-0.05, 0) is 32.9 Å². The molecule has 0 heterocycles. The summed E-state index contributed by atoms with van der Waals surface area (Å²) < 4.78 is 5.60. The van der Waals surface area contributed by atoms with Gasteiger partial charge >= 0.3 is 0 Å². The van der Waals surface area contributed by atoms with Crippen molar-refractivity contribution in [1.29, 1.82) is 0 Å². The van der Waals surface area contributed by atoms with E-state index in [-0.39, 0.29) is 12.6 Å². The van der Waals surface area contributed by atoms with Crippen LogP contribution in [0.3, 0.4) is 0 Å². The largest absolute Gasteiger partial charge is 0.494 e. The molecule has 0 spiro atoms. The first-order valence-electron chi connectivity index (χ1n) is 6.30. The number of aliphatic hydroxyl groups is 1. The third-order valence-electron chi connectivity index (χ3n) is 2.66.